The molecule has 8 heteroatoms. The van der Waals surface area contributed by atoms with Crippen molar-refractivity contribution in [2.45, 2.75) is 77.6 Å². The third-order valence-electron chi connectivity index (χ3n) is 5.38. The molecule has 0 spiro atoms. The van der Waals surface area contributed by atoms with Crippen LogP contribution < -0.4 is 9.47 Å². The van der Waals surface area contributed by atoms with E-state index in [0.29, 0.717) is 17.1 Å². The Morgan fingerprint density at radius 1 is 0.939 bits per heavy atom. The number of ketones is 1. The van der Waals surface area contributed by atoms with Crippen molar-refractivity contribution in [3.63, 3.8) is 0 Å². The summed E-state index contributed by atoms with van der Waals surface area (Å²) in [6, 6.07) is 4.88. The fourth-order valence-corrected chi connectivity index (χ4v) is 4.21. The van der Waals surface area contributed by atoms with Gasteiger partial charge in [0.1, 0.15) is 17.1 Å². The second-order valence-electron chi connectivity index (χ2n) is 10.7. The van der Waals surface area contributed by atoms with Gasteiger partial charge in [-0.05, 0) is 66.2 Å². The van der Waals surface area contributed by atoms with Crippen LogP contribution in [0.1, 0.15) is 66.4 Å². The van der Waals surface area contributed by atoms with Gasteiger partial charge in [-0.1, -0.05) is 6.07 Å². The molecule has 1 saturated carbocycles. The Morgan fingerprint density at radius 2 is 1.45 bits per heavy atom. The van der Waals surface area contributed by atoms with Gasteiger partial charge >= 0.3 is 11.9 Å². The van der Waals surface area contributed by atoms with Crippen LogP contribution in [0, 0.1) is 11.8 Å². The molecule has 0 unspecified atom stereocenters. The summed E-state index contributed by atoms with van der Waals surface area (Å²) in [5.41, 5.74) is -2.97. The second kappa shape index (κ2) is 9.33. The van der Waals surface area contributed by atoms with Crippen LogP contribution in [0.5, 0.6) is 11.5 Å². The number of carbonyl (C=O) groups is 3. The largest absolute Gasteiger partial charge is 0.493 e. The monoisotopic (exact) mass is 464 g/mol. The van der Waals surface area contributed by atoms with Crippen molar-refractivity contribution in [1.29, 1.82) is 0 Å². The maximum Gasteiger partial charge on any atom is 0.317 e. The SMILES string of the molecule is COc1ccc([C@H]2[C@H](C(=O)OC(C)(C)C)C(=O)C[C@@](C)(O)[C@H]2C(=O)OC(C)(C)C)cc1OC. The van der Waals surface area contributed by atoms with Gasteiger partial charge in [-0.3, -0.25) is 14.4 Å². The van der Waals surface area contributed by atoms with E-state index in [1.165, 1.54) is 21.1 Å². The third-order valence-corrected chi connectivity index (χ3v) is 5.38. The van der Waals surface area contributed by atoms with E-state index in [2.05, 4.69) is 0 Å². The summed E-state index contributed by atoms with van der Waals surface area (Å²) in [7, 11) is 2.94. The molecule has 0 saturated heterocycles. The first-order valence-electron chi connectivity index (χ1n) is 10.9. The minimum Gasteiger partial charge on any atom is -0.493 e. The Balaban J connectivity index is 2.72. The van der Waals surface area contributed by atoms with Crippen LogP contribution in [-0.4, -0.2) is 53.9 Å². The topological polar surface area (TPSA) is 108 Å². The van der Waals surface area contributed by atoms with Crippen LogP contribution in [0.3, 0.4) is 0 Å². The van der Waals surface area contributed by atoms with Crippen molar-refractivity contribution in [2.75, 3.05) is 14.2 Å². The molecule has 0 amide bonds. The Morgan fingerprint density at radius 3 is 1.94 bits per heavy atom. The van der Waals surface area contributed by atoms with Crippen molar-refractivity contribution in [3.8, 4) is 11.5 Å². The van der Waals surface area contributed by atoms with E-state index >= 15 is 0 Å². The number of aliphatic hydroxyl groups is 1. The molecule has 1 aromatic carbocycles. The predicted molar refractivity (Wildman–Crippen MR) is 121 cm³/mol. The average Bonchev–Trinajstić information content (AvgIpc) is 2.62. The highest BCUT2D eigenvalue weighted by Gasteiger charge is 2.58. The Kier molecular flexibility index (Phi) is 7.53. The van der Waals surface area contributed by atoms with E-state index < -0.39 is 52.3 Å². The molecule has 8 nitrogen and oxygen atoms in total. The lowest BCUT2D eigenvalue weighted by Crippen LogP contribution is -2.56. The van der Waals surface area contributed by atoms with Crippen molar-refractivity contribution in [1.82, 2.24) is 0 Å². The molecule has 0 bridgehead atoms. The van der Waals surface area contributed by atoms with E-state index in [9.17, 15) is 19.5 Å². The number of hydrogen-bond donors (Lipinski definition) is 1. The molecule has 1 fully saturated rings. The summed E-state index contributed by atoms with van der Waals surface area (Å²) in [4.78, 5) is 39.7. The van der Waals surface area contributed by atoms with Gasteiger partial charge in [0, 0.05) is 12.3 Å². The number of rotatable bonds is 5. The molecule has 1 aromatic rings. The first-order valence-corrected chi connectivity index (χ1v) is 10.9. The molecular formula is C25H36O8. The highest BCUT2D eigenvalue weighted by atomic mass is 16.6. The first-order chi connectivity index (χ1) is 15.0. The quantitative estimate of drug-likeness (QED) is 0.522. The minimum absolute atomic E-state index is 0.360. The lowest BCUT2D eigenvalue weighted by atomic mass is 9.61. The predicted octanol–water partition coefficient (Wildman–Crippen LogP) is 3.43. The van der Waals surface area contributed by atoms with Gasteiger partial charge in [-0.15, -0.1) is 0 Å². The molecule has 1 aliphatic rings. The number of carbonyl (C=O) groups excluding carboxylic acids is 3. The van der Waals surface area contributed by atoms with E-state index in [1.54, 1.807) is 59.7 Å². The zero-order valence-corrected chi connectivity index (χ0v) is 21.0. The van der Waals surface area contributed by atoms with Crippen molar-refractivity contribution in [3.05, 3.63) is 23.8 Å². The van der Waals surface area contributed by atoms with Gasteiger partial charge < -0.3 is 24.1 Å². The molecule has 0 radical (unpaired) electrons. The fourth-order valence-electron chi connectivity index (χ4n) is 4.21. The summed E-state index contributed by atoms with van der Waals surface area (Å²) in [5, 5.41) is 11.2. The maximum absolute atomic E-state index is 13.3. The van der Waals surface area contributed by atoms with Gasteiger partial charge in [-0.25, -0.2) is 0 Å². The van der Waals surface area contributed by atoms with Gasteiger partial charge in [0.25, 0.3) is 0 Å². The molecule has 0 heterocycles. The van der Waals surface area contributed by atoms with Crippen LogP contribution in [-0.2, 0) is 23.9 Å². The summed E-state index contributed by atoms with van der Waals surface area (Å²) in [6.45, 7) is 11.7. The molecule has 1 N–H and O–H groups in total. The fraction of sp³-hybridized carbons (Fsp3) is 0.640. The van der Waals surface area contributed by atoms with Gasteiger partial charge in [0.2, 0.25) is 0 Å². The first kappa shape index (κ1) is 26.6. The van der Waals surface area contributed by atoms with Crippen LogP contribution in [0.2, 0.25) is 0 Å². The number of esters is 2. The summed E-state index contributed by atoms with van der Waals surface area (Å²) in [5.74, 6) is -4.70. The number of Topliss-reactive ketones (excluding diaryl/α,β-unsaturated/α-hetero) is 1. The molecule has 2 rings (SSSR count). The summed E-state index contributed by atoms with van der Waals surface area (Å²) < 4.78 is 21.9. The van der Waals surface area contributed by atoms with E-state index in [1.807, 2.05) is 0 Å². The zero-order valence-electron chi connectivity index (χ0n) is 21.0. The molecule has 33 heavy (non-hydrogen) atoms. The van der Waals surface area contributed by atoms with E-state index in [0.717, 1.165) is 0 Å². The minimum atomic E-state index is -1.74. The zero-order chi connectivity index (χ0) is 25.4. The van der Waals surface area contributed by atoms with Crippen LogP contribution in [0.15, 0.2) is 18.2 Å². The number of benzene rings is 1. The Labute approximate surface area is 195 Å². The molecule has 4 atom stereocenters. The average molecular weight is 465 g/mol. The number of hydrogen-bond acceptors (Lipinski definition) is 8. The van der Waals surface area contributed by atoms with Crippen molar-refractivity contribution < 1.29 is 38.4 Å². The maximum atomic E-state index is 13.3. The highest BCUT2D eigenvalue weighted by Crippen LogP contribution is 2.48. The van der Waals surface area contributed by atoms with E-state index in [-0.39, 0.29) is 6.42 Å². The summed E-state index contributed by atoms with van der Waals surface area (Å²) >= 11 is 0. The molecular weight excluding hydrogens is 428 g/mol. The Bertz CT molecular complexity index is 904. The van der Waals surface area contributed by atoms with E-state index in [4.69, 9.17) is 18.9 Å². The molecule has 1 aliphatic carbocycles. The Hall–Kier alpha value is -2.61. The van der Waals surface area contributed by atoms with Crippen LogP contribution in [0.25, 0.3) is 0 Å². The molecule has 0 aromatic heterocycles. The number of ether oxygens (including phenoxy) is 4. The lowest BCUT2D eigenvalue weighted by molar-refractivity contribution is -0.182. The summed E-state index contributed by atoms with van der Waals surface area (Å²) in [6.07, 6.45) is -0.384. The molecule has 0 aliphatic heterocycles. The lowest BCUT2D eigenvalue weighted by Gasteiger charge is -2.44. The third kappa shape index (κ3) is 6.25. The normalized spacial score (nSPS) is 25.9. The number of methoxy groups -OCH3 is 2. The van der Waals surface area contributed by atoms with Crippen LogP contribution >= 0.6 is 0 Å². The van der Waals surface area contributed by atoms with Gasteiger partial charge in [0.15, 0.2) is 17.3 Å². The smallest absolute Gasteiger partial charge is 0.317 e. The van der Waals surface area contributed by atoms with Crippen LogP contribution in [0.4, 0.5) is 0 Å². The molecule has 184 valence electrons. The second-order valence-corrected chi connectivity index (χ2v) is 10.7. The van der Waals surface area contributed by atoms with Crippen molar-refractivity contribution in [2.24, 2.45) is 11.8 Å². The standard InChI is InChI=1S/C25H36O8/c1-23(2,3)32-21(27)19-15(26)13-25(7,29)20(22(28)33-24(4,5)6)18(19)14-10-11-16(30-8)17(12-14)31-9/h10-12,18-20,29H,13H2,1-9H3/t18-,19+,20+,25+/m0/s1. The van der Waals surface area contributed by atoms with Gasteiger partial charge in [0.05, 0.1) is 25.7 Å². The highest BCUT2D eigenvalue weighted by molar-refractivity contribution is 6.03. The van der Waals surface area contributed by atoms with Crippen molar-refractivity contribution >= 4 is 17.7 Å². The van der Waals surface area contributed by atoms with Gasteiger partial charge in [-0.2, -0.15) is 0 Å².